The molecule has 0 saturated carbocycles. The van der Waals surface area contributed by atoms with Crippen molar-refractivity contribution in [3.05, 3.63) is 28.8 Å². The summed E-state index contributed by atoms with van der Waals surface area (Å²) in [5.41, 5.74) is 10.9. The molecule has 0 radical (unpaired) electrons. The summed E-state index contributed by atoms with van der Waals surface area (Å²) in [4.78, 5) is 14.0. The molecule has 2 aliphatic heterocycles. The largest absolute Gasteiger partial charge is 0.330 e. The van der Waals surface area contributed by atoms with Crippen molar-refractivity contribution in [3.63, 3.8) is 0 Å². The number of carbonyl (C=O) groups excluding carboxylic acids is 1. The molecule has 0 bridgehead atoms. The third-order valence-electron chi connectivity index (χ3n) is 4.56. The van der Waals surface area contributed by atoms with Crippen LogP contribution in [0.3, 0.4) is 0 Å². The maximum absolute atomic E-state index is 12.0. The Morgan fingerprint density at radius 3 is 2.79 bits per heavy atom. The van der Waals surface area contributed by atoms with Gasteiger partial charge in [0, 0.05) is 6.54 Å². The van der Waals surface area contributed by atoms with E-state index in [0.717, 1.165) is 25.8 Å². The SMILES string of the molecule is CC(C)(CCN)c1cc2c3c(c1)CC(=O)N3CCC2. The molecule has 3 rings (SSSR count). The van der Waals surface area contributed by atoms with Gasteiger partial charge in [0.1, 0.15) is 0 Å². The second kappa shape index (κ2) is 4.34. The van der Waals surface area contributed by atoms with Gasteiger partial charge < -0.3 is 10.6 Å². The Bertz CT molecular complexity index is 534. The van der Waals surface area contributed by atoms with Gasteiger partial charge in [0.15, 0.2) is 0 Å². The minimum absolute atomic E-state index is 0.0915. The van der Waals surface area contributed by atoms with Gasteiger partial charge in [-0.1, -0.05) is 26.0 Å². The van der Waals surface area contributed by atoms with Crippen molar-refractivity contribution in [3.8, 4) is 0 Å². The van der Waals surface area contributed by atoms with Crippen molar-refractivity contribution >= 4 is 11.6 Å². The number of hydrogen-bond donors (Lipinski definition) is 1. The predicted molar refractivity (Wildman–Crippen MR) is 77.5 cm³/mol. The number of nitrogens with two attached hydrogens (primary N) is 1. The number of rotatable bonds is 3. The smallest absolute Gasteiger partial charge is 0.231 e. The van der Waals surface area contributed by atoms with Crippen LogP contribution in [0.2, 0.25) is 0 Å². The summed E-state index contributed by atoms with van der Waals surface area (Å²) < 4.78 is 0. The van der Waals surface area contributed by atoms with Crippen molar-refractivity contribution in [2.24, 2.45) is 5.73 Å². The van der Waals surface area contributed by atoms with Crippen molar-refractivity contribution in [1.29, 1.82) is 0 Å². The first-order valence-corrected chi connectivity index (χ1v) is 7.19. The molecule has 0 saturated heterocycles. The summed E-state index contributed by atoms with van der Waals surface area (Å²) in [5.74, 6) is 0.268. The molecule has 2 N–H and O–H groups in total. The zero-order chi connectivity index (χ0) is 13.6. The summed E-state index contributed by atoms with van der Waals surface area (Å²) in [6, 6.07) is 4.54. The van der Waals surface area contributed by atoms with E-state index in [0.29, 0.717) is 13.0 Å². The van der Waals surface area contributed by atoms with Gasteiger partial charge >= 0.3 is 0 Å². The monoisotopic (exact) mass is 258 g/mol. The Morgan fingerprint density at radius 1 is 1.32 bits per heavy atom. The Balaban J connectivity index is 2.08. The van der Waals surface area contributed by atoms with Crippen LogP contribution >= 0.6 is 0 Å². The van der Waals surface area contributed by atoms with Gasteiger partial charge in [-0.3, -0.25) is 4.79 Å². The van der Waals surface area contributed by atoms with E-state index in [9.17, 15) is 4.79 Å². The van der Waals surface area contributed by atoms with Gasteiger partial charge in [-0.15, -0.1) is 0 Å². The first-order valence-electron chi connectivity index (χ1n) is 7.19. The Kier molecular flexibility index (Phi) is 2.90. The highest BCUT2D eigenvalue weighted by Crippen LogP contribution is 2.40. The molecule has 0 aromatic heterocycles. The van der Waals surface area contributed by atoms with E-state index < -0.39 is 0 Å². The molecule has 1 aromatic carbocycles. The van der Waals surface area contributed by atoms with Gasteiger partial charge in [-0.25, -0.2) is 0 Å². The molecule has 0 fully saturated rings. The molecule has 1 amide bonds. The van der Waals surface area contributed by atoms with E-state index in [4.69, 9.17) is 5.73 Å². The first-order chi connectivity index (χ1) is 9.03. The topological polar surface area (TPSA) is 46.3 Å². The molecule has 3 heteroatoms. The summed E-state index contributed by atoms with van der Waals surface area (Å²) >= 11 is 0. The number of carbonyl (C=O) groups is 1. The van der Waals surface area contributed by atoms with Crippen LogP contribution < -0.4 is 10.6 Å². The number of amides is 1. The maximum Gasteiger partial charge on any atom is 0.231 e. The van der Waals surface area contributed by atoms with E-state index in [-0.39, 0.29) is 11.3 Å². The molecule has 1 aromatic rings. The molecule has 2 aliphatic rings. The summed E-state index contributed by atoms with van der Waals surface area (Å²) in [7, 11) is 0. The third-order valence-corrected chi connectivity index (χ3v) is 4.56. The number of aryl methyl sites for hydroxylation is 1. The van der Waals surface area contributed by atoms with Gasteiger partial charge in [0.2, 0.25) is 5.91 Å². The van der Waals surface area contributed by atoms with E-state index in [1.54, 1.807) is 0 Å². The Morgan fingerprint density at radius 2 is 2.05 bits per heavy atom. The van der Waals surface area contributed by atoms with Crippen LogP contribution in [-0.4, -0.2) is 19.0 Å². The van der Waals surface area contributed by atoms with Crippen LogP contribution in [0.25, 0.3) is 0 Å². The fourth-order valence-electron chi connectivity index (χ4n) is 3.38. The van der Waals surface area contributed by atoms with Crippen molar-refractivity contribution < 1.29 is 4.79 Å². The normalized spacial score (nSPS) is 17.8. The number of nitrogens with zero attached hydrogens (tertiary/aromatic N) is 1. The quantitative estimate of drug-likeness (QED) is 0.903. The van der Waals surface area contributed by atoms with E-state index in [1.165, 1.54) is 22.4 Å². The van der Waals surface area contributed by atoms with Gasteiger partial charge in [0.25, 0.3) is 0 Å². The summed E-state index contributed by atoms with van der Waals surface area (Å²) in [6.45, 7) is 6.08. The first kappa shape index (κ1) is 12.7. The summed E-state index contributed by atoms with van der Waals surface area (Å²) in [6.07, 6.45) is 3.73. The Hall–Kier alpha value is -1.35. The number of benzene rings is 1. The predicted octanol–water partition coefficient (Wildman–Crippen LogP) is 2.15. The molecular weight excluding hydrogens is 236 g/mol. The Labute approximate surface area is 114 Å². The zero-order valence-corrected chi connectivity index (χ0v) is 11.8. The second-order valence-electron chi connectivity index (χ2n) is 6.39. The lowest BCUT2D eigenvalue weighted by atomic mass is 9.79. The van der Waals surface area contributed by atoms with Gasteiger partial charge in [-0.2, -0.15) is 0 Å². The molecule has 0 unspecified atom stereocenters. The zero-order valence-electron chi connectivity index (χ0n) is 11.8. The van der Waals surface area contributed by atoms with Crippen LogP contribution in [0, 0.1) is 0 Å². The van der Waals surface area contributed by atoms with E-state index in [1.807, 2.05) is 4.90 Å². The fraction of sp³-hybridized carbons (Fsp3) is 0.562. The molecular formula is C16H22N2O. The average Bonchev–Trinajstić information content (AvgIpc) is 2.68. The van der Waals surface area contributed by atoms with Gasteiger partial charge in [0.05, 0.1) is 12.1 Å². The average molecular weight is 258 g/mol. The standard InChI is InChI=1S/C16H22N2O/c1-16(2,5-6-17)13-8-11-4-3-7-18-14(19)10-12(9-13)15(11)18/h8-9H,3-7,10,17H2,1-2H3. The molecule has 102 valence electrons. The highest BCUT2D eigenvalue weighted by molar-refractivity contribution is 6.02. The minimum atomic E-state index is 0.0915. The molecule has 3 nitrogen and oxygen atoms in total. The van der Waals surface area contributed by atoms with Crippen LogP contribution in [0.15, 0.2) is 12.1 Å². The van der Waals surface area contributed by atoms with Crippen molar-refractivity contribution in [2.75, 3.05) is 18.0 Å². The number of anilines is 1. The molecule has 0 spiro atoms. The molecule has 19 heavy (non-hydrogen) atoms. The lowest BCUT2D eigenvalue weighted by molar-refractivity contribution is -0.117. The van der Waals surface area contributed by atoms with Crippen LogP contribution in [0.1, 0.15) is 43.4 Å². The maximum atomic E-state index is 12.0. The van der Waals surface area contributed by atoms with Gasteiger partial charge in [-0.05, 0) is 47.9 Å². The van der Waals surface area contributed by atoms with Crippen LogP contribution in [0.5, 0.6) is 0 Å². The molecule has 0 aliphatic carbocycles. The van der Waals surface area contributed by atoms with Crippen LogP contribution in [-0.2, 0) is 23.1 Å². The summed E-state index contributed by atoms with van der Waals surface area (Å²) in [5, 5.41) is 0. The van der Waals surface area contributed by atoms with E-state index >= 15 is 0 Å². The highest BCUT2D eigenvalue weighted by Gasteiger charge is 2.33. The van der Waals surface area contributed by atoms with Crippen LogP contribution in [0.4, 0.5) is 5.69 Å². The third kappa shape index (κ3) is 1.96. The number of hydrogen-bond acceptors (Lipinski definition) is 2. The minimum Gasteiger partial charge on any atom is -0.330 e. The lowest BCUT2D eigenvalue weighted by Crippen LogP contribution is -2.31. The second-order valence-corrected chi connectivity index (χ2v) is 6.39. The van der Waals surface area contributed by atoms with Crippen molar-refractivity contribution in [2.45, 2.75) is 44.9 Å². The molecule has 2 heterocycles. The van der Waals surface area contributed by atoms with Crippen molar-refractivity contribution in [1.82, 2.24) is 0 Å². The fourth-order valence-corrected chi connectivity index (χ4v) is 3.38. The molecule has 0 atom stereocenters. The highest BCUT2D eigenvalue weighted by atomic mass is 16.2. The van der Waals surface area contributed by atoms with E-state index in [2.05, 4.69) is 26.0 Å². The lowest BCUT2D eigenvalue weighted by Gasteiger charge is -2.30.